The minimum Gasteiger partial charge on any atom is -0.352 e. The van der Waals surface area contributed by atoms with Crippen LogP contribution in [-0.4, -0.2) is 35.5 Å². The lowest BCUT2D eigenvalue weighted by molar-refractivity contribution is -0.119. The molecule has 1 aliphatic carbocycles. The van der Waals surface area contributed by atoms with Crippen molar-refractivity contribution >= 4 is 17.4 Å². The van der Waals surface area contributed by atoms with Crippen LogP contribution in [0.25, 0.3) is 0 Å². The topological polar surface area (TPSA) is 70.2 Å². The number of aromatic nitrogens is 2. The van der Waals surface area contributed by atoms with Gasteiger partial charge in [-0.1, -0.05) is 19.1 Å². The number of carbonyl (C=O) groups is 1. The van der Waals surface area contributed by atoms with Crippen molar-refractivity contribution in [2.45, 2.75) is 57.4 Å². The second-order valence-electron chi connectivity index (χ2n) is 8.88. The molecule has 6 heteroatoms. The zero-order chi connectivity index (χ0) is 20.0. The van der Waals surface area contributed by atoms with Crippen molar-refractivity contribution in [1.29, 1.82) is 0 Å². The van der Waals surface area contributed by atoms with E-state index in [4.69, 9.17) is 4.98 Å². The zero-order valence-electron chi connectivity index (χ0n) is 17.3. The lowest BCUT2D eigenvalue weighted by Crippen LogP contribution is -2.42. The fourth-order valence-corrected chi connectivity index (χ4v) is 5.41. The summed E-state index contributed by atoms with van der Waals surface area (Å²) >= 11 is 0. The maximum Gasteiger partial charge on any atom is 0.217 e. The Morgan fingerprint density at radius 1 is 1.31 bits per heavy atom. The van der Waals surface area contributed by atoms with E-state index in [1.165, 1.54) is 28.1 Å². The third-order valence-corrected chi connectivity index (χ3v) is 6.99. The maximum atomic E-state index is 11.4. The zero-order valence-corrected chi connectivity index (χ0v) is 17.3. The van der Waals surface area contributed by atoms with E-state index in [0.717, 1.165) is 51.1 Å². The first kappa shape index (κ1) is 18.6. The highest BCUT2D eigenvalue weighted by Gasteiger charge is 2.45. The number of aryl methyl sites for hydroxylation is 1. The SMILES string of the molecule is CC(=O)NCc1ccc2c(c1)C1(CCNCC1)CN2c1ncnc2c1C(C)CC2. The number of fused-ring (bicyclic) bond motifs is 3. The molecule has 1 spiro atoms. The van der Waals surface area contributed by atoms with Crippen molar-refractivity contribution in [3.05, 3.63) is 46.9 Å². The molecule has 2 aliphatic heterocycles. The van der Waals surface area contributed by atoms with Gasteiger partial charge >= 0.3 is 0 Å². The van der Waals surface area contributed by atoms with Gasteiger partial charge in [0.1, 0.15) is 12.1 Å². The molecule has 3 heterocycles. The summed E-state index contributed by atoms with van der Waals surface area (Å²) in [6, 6.07) is 6.70. The van der Waals surface area contributed by atoms with E-state index in [1.807, 2.05) is 0 Å². The van der Waals surface area contributed by atoms with Crippen molar-refractivity contribution in [2.24, 2.45) is 0 Å². The van der Waals surface area contributed by atoms with Gasteiger partial charge in [-0.3, -0.25) is 4.79 Å². The Bertz CT molecular complexity index is 950. The average Bonchev–Trinajstić information content (AvgIpc) is 3.26. The molecular weight excluding hydrogens is 362 g/mol. The van der Waals surface area contributed by atoms with Crippen LogP contribution in [0.3, 0.4) is 0 Å². The first-order chi connectivity index (χ1) is 14.1. The summed E-state index contributed by atoms with van der Waals surface area (Å²) in [7, 11) is 0. The van der Waals surface area contributed by atoms with Gasteiger partial charge in [0.2, 0.25) is 5.91 Å². The third-order valence-electron chi connectivity index (χ3n) is 6.99. The minimum atomic E-state index is 0.00856. The van der Waals surface area contributed by atoms with Crippen molar-refractivity contribution < 1.29 is 4.79 Å². The summed E-state index contributed by atoms with van der Waals surface area (Å²) in [5.41, 5.74) is 6.56. The Morgan fingerprint density at radius 3 is 2.93 bits per heavy atom. The number of piperidine rings is 1. The van der Waals surface area contributed by atoms with Crippen LogP contribution >= 0.6 is 0 Å². The second-order valence-corrected chi connectivity index (χ2v) is 8.88. The number of hydrogen-bond donors (Lipinski definition) is 2. The Labute approximate surface area is 172 Å². The highest BCUT2D eigenvalue weighted by atomic mass is 16.1. The molecule has 1 saturated heterocycles. The number of rotatable bonds is 3. The standard InChI is InChI=1S/C23H29N5O/c1-15-3-5-19-21(15)22(27-14-26-19)28-13-23(7-9-24-10-8-23)18-11-17(4-6-20(18)28)12-25-16(2)29/h4,6,11,14-15,24H,3,5,7-10,12-13H2,1-2H3,(H,25,29). The first-order valence-electron chi connectivity index (χ1n) is 10.8. The van der Waals surface area contributed by atoms with E-state index in [9.17, 15) is 4.79 Å². The molecule has 1 fully saturated rings. The molecule has 2 N–H and O–H groups in total. The van der Waals surface area contributed by atoms with E-state index in [-0.39, 0.29) is 11.3 Å². The molecule has 5 rings (SSSR count). The largest absolute Gasteiger partial charge is 0.352 e. The molecule has 0 radical (unpaired) electrons. The number of hydrogen-bond acceptors (Lipinski definition) is 5. The Kier molecular flexibility index (Phi) is 4.54. The number of anilines is 2. The molecule has 29 heavy (non-hydrogen) atoms. The number of nitrogens with one attached hydrogen (secondary N) is 2. The molecule has 1 amide bonds. The summed E-state index contributed by atoms with van der Waals surface area (Å²) in [6.45, 7) is 7.51. The van der Waals surface area contributed by atoms with Crippen molar-refractivity contribution in [1.82, 2.24) is 20.6 Å². The normalized spacial score (nSPS) is 21.9. The van der Waals surface area contributed by atoms with Gasteiger partial charge in [-0.25, -0.2) is 9.97 Å². The molecule has 1 unspecified atom stereocenters. The molecule has 0 bridgehead atoms. The Morgan fingerprint density at radius 2 is 2.14 bits per heavy atom. The number of benzene rings is 1. The van der Waals surface area contributed by atoms with Crippen molar-refractivity contribution in [3.8, 4) is 0 Å². The quantitative estimate of drug-likeness (QED) is 0.842. The van der Waals surface area contributed by atoms with Crippen molar-refractivity contribution in [2.75, 3.05) is 24.5 Å². The molecule has 152 valence electrons. The van der Waals surface area contributed by atoms with E-state index >= 15 is 0 Å². The lowest BCUT2D eigenvalue weighted by atomic mass is 9.74. The maximum absolute atomic E-state index is 11.4. The van der Waals surface area contributed by atoms with Crippen LogP contribution in [0, 0.1) is 0 Å². The fourth-order valence-electron chi connectivity index (χ4n) is 5.41. The van der Waals surface area contributed by atoms with Gasteiger partial charge in [0.15, 0.2) is 0 Å². The smallest absolute Gasteiger partial charge is 0.217 e. The highest BCUT2D eigenvalue weighted by Crippen LogP contribution is 2.51. The molecule has 1 atom stereocenters. The van der Waals surface area contributed by atoms with E-state index in [1.54, 1.807) is 13.3 Å². The average molecular weight is 392 g/mol. The molecule has 2 aromatic rings. The predicted molar refractivity (Wildman–Crippen MR) is 114 cm³/mol. The molecule has 1 aromatic carbocycles. The molecule has 6 nitrogen and oxygen atoms in total. The number of carbonyl (C=O) groups excluding carboxylic acids is 1. The predicted octanol–water partition coefficient (Wildman–Crippen LogP) is 2.94. The van der Waals surface area contributed by atoms with Gasteiger partial charge in [0.25, 0.3) is 0 Å². The molecule has 0 saturated carbocycles. The minimum absolute atomic E-state index is 0.00856. The second kappa shape index (κ2) is 7.10. The Hall–Kier alpha value is -2.47. The molecule has 1 aromatic heterocycles. The van der Waals surface area contributed by atoms with Gasteiger partial charge in [-0.15, -0.1) is 0 Å². The van der Waals surface area contributed by atoms with Gasteiger partial charge in [0, 0.05) is 42.4 Å². The van der Waals surface area contributed by atoms with Gasteiger partial charge in [-0.2, -0.15) is 0 Å². The van der Waals surface area contributed by atoms with Gasteiger partial charge in [0.05, 0.1) is 0 Å². The van der Waals surface area contributed by atoms with E-state index in [0.29, 0.717) is 12.5 Å². The van der Waals surface area contributed by atoms with Gasteiger partial charge < -0.3 is 15.5 Å². The van der Waals surface area contributed by atoms with Crippen LogP contribution in [0.5, 0.6) is 0 Å². The van der Waals surface area contributed by atoms with Crippen molar-refractivity contribution in [3.63, 3.8) is 0 Å². The Balaban J connectivity index is 1.59. The fraction of sp³-hybridized carbons (Fsp3) is 0.522. The van der Waals surface area contributed by atoms with Gasteiger partial charge in [-0.05, 0) is 61.9 Å². The molecule has 3 aliphatic rings. The molecular formula is C23H29N5O. The summed E-state index contributed by atoms with van der Waals surface area (Å²) in [4.78, 5) is 23.2. The number of nitrogens with zero attached hydrogens (tertiary/aromatic N) is 3. The first-order valence-corrected chi connectivity index (χ1v) is 10.8. The third kappa shape index (κ3) is 3.10. The van der Waals surface area contributed by atoms with Crippen LogP contribution < -0.4 is 15.5 Å². The lowest BCUT2D eigenvalue weighted by Gasteiger charge is -2.35. The highest BCUT2D eigenvalue weighted by molar-refractivity contribution is 5.75. The van der Waals surface area contributed by atoms with Crippen LogP contribution in [0.15, 0.2) is 24.5 Å². The van der Waals surface area contributed by atoms with Crippen LogP contribution in [0.1, 0.15) is 61.4 Å². The van der Waals surface area contributed by atoms with E-state index in [2.05, 4.69) is 45.6 Å². The van der Waals surface area contributed by atoms with Crippen LogP contribution in [0.4, 0.5) is 11.5 Å². The van der Waals surface area contributed by atoms with Crippen LogP contribution in [-0.2, 0) is 23.2 Å². The number of amides is 1. The van der Waals surface area contributed by atoms with E-state index < -0.39 is 0 Å². The summed E-state index contributed by atoms with van der Waals surface area (Å²) in [6.07, 6.45) is 6.21. The summed E-state index contributed by atoms with van der Waals surface area (Å²) in [5.74, 6) is 1.62. The summed E-state index contributed by atoms with van der Waals surface area (Å²) < 4.78 is 0. The monoisotopic (exact) mass is 391 g/mol. The summed E-state index contributed by atoms with van der Waals surface area (Å²) in [5, 5.41) is 6.47. The van der Waals surface area contributed by atoms with Crippen LogP contribution in [0.2, 0.25) is 0 Å².